The Bertz CT molecular complexity index is 132. The molecule has 0 aliphatic heterocycles. The van der Waals surface area contributed by atoms with Crippen LogP contribution in [0.15, 0.2) is 0 Å². The van der Waals surface area contributed by atoms with Crippen LogP contribution in [0.2, 0.25) is 0 Å². The number of hydrogen-bond donors (Lipinski definition) is 1. The van der Waals surface area contributed by atoms with Crippen molar-refractivity contribution in [3.8, 4) is 0 Å². The fourth-order valence-corrected chi connectivity index (χ4v) is 1.48. The first kappa shape index (κ1) is 6.59. The minimum Gasteiger partial charge on any atom is -0.369 e. The van der Waals surface area contributed by atoms with Crippen LogP contribution in [0.1, 0.15) is 26.7 Å². The van der Waals surface area contributed by atoms with Crippen LogP contribution in [-0.2, 0) is 4.79 Å². The maximum absolute atomic E-state index is 10.5. The van der Waals surface area contributed by atoms with Gasteiger partial charge in [-0.25, -0.2) is 0 Å². The lowest BCUT2D eigenvalue weighted by Gasteiger charge is -2.40. The van der Waals surface area contributed by atoms with Crippen LogP contribution in [0.5, 0.6) is 0 Å². The van der Waals surface area contributed by atoms with Crippen LogP contribution >= 0.6 is 0 Å². The van der Waals surface area contributed by atoms with Gasteiger partial charge in [-0.05, 0) is 18.3 Å². The van der Waals surface area contributed by atoms with E-state index in [9.17, 15) is 4.79 Å². The first-order valence-electron chi connectivity index (χ1n) is 3.31. The Labute approximate surface area is 55.4 Å². The number of hydrogen-bond acceptors (Lipinski definition) is 1. The zero-order chi connectivity index (χ0) is 7.07. The lowest BCUT2D eigenvalue weighted by molar-refractivity contribution is -0.128. The summed E-state index contributed by atoms with van der Waals surface area (Å²) in [5.41, 5.74) is 5.45. The molecule has 0 bridgehead atoms. The molecule has 1 aliphatic carbocycles. The van der Waals surface area contributed by atoms with E-state index < -0.39 is 0 Å². The third kappa shape index (κ3) is 1.23. The molecule has 1 saturated carbocycles. The molecule has 0 heterocycles. The number of primary amides is 1. The summed E-state index contributed by atoms with van der Waals surface area (Å²) >= 11 is 0. The first-order valence-corrected chi connectivity index (χ1v) is 3.31. The van der Waals surface area contributed by atoms with Crippen LogP contribution in [0.4, 0.5) is 0 Å². The monoisotopic (exact) mass is 127 g/mol. The molecule has 2 N–H and O–H groups in total. The highest BCUT2D eigenvalue weighted by molar-refractivity contribution is 5.77. The molecule has 0 saturated heterocycles. The second kappa shape index (κ2) is 1.72. The smallest absolute Gasteiger partial charge is 0.220 e. The number of rotatable bonds is 1. The van der Waals surface area contributed by atoms with Gasteiger partial charge in [0.25, 0.3) is 0 Å². The molecule has 1 rings (SSSR count). The third-order valence-corrected chi connectivity index (χ3v) is 2.00. The van der Waals surface area contributed by atoms with Crippen LogP contribution in [0.25, 0.3) is 0 Å². The van der Waals surface area contributed by atoms with E-state index in [2.05, 4.69) is 13.8 Å². The Morgan fingerprint density at radius 2 is 2.00 bits per heavy atom. The Morgan fingerprint density at radius 1 is 1.56 bits per heavy atom. The summed E-state index contributed by atoms with van der Waals surface area (Å²) in [4.78, 5) is 10.5. The zero-order valence-corrected chi connectivity index (χ0v) is 5.98. The predicted octanol–water partition coefficient (Wildman–Crippen LogP) is 0.908. The van der Waals surface area contributed by atoms with Gasteiger partial charge in [0.15, 0.2) is 0 Å². The van der Waals surface area contributed by atoms with Gasteiger partial charge >= 0.3 is 0 Å². The molecule has 0 aromatic carbocycles. The molecular weight excluding hydrogens is 114 g/mol. The molecule has 1 amide bonds. The maximum Gasteiger partial charge on any atom is 0.220 e. The van der Waals surface area contributed by atoms with Crippen LogP contribution in [0.3, 0.4) is 0 Å². The zero-order valence-electron chi connectivity index (χ0n) is 5.98. The van der Waals surface area contributed by atoms with Gasteiger partial charge in [-0.1, -0.05) is 13.8 Å². The van der Waals surface area contributed by atoms with Gasteiger partial charge in [-0.2, -0.15) is 0 Å². The number of amides is 1. The lowest BCUT2D eigenvalue weighted by atomic mass is 9.64. The second-order valence-corrected chi connectivity index (χ2v) is 3.67. The highest BCUT2D eigenvalue weighted by Gasteiger charge is 2.38. The molecule has 2 heteroatoms. The normalized spacial score (nSPS) is 25.1. The van der Waals surface area contributed by atoms with Gasteiger partial charge in [-0.3, -0.25) is 4.79 Å². The van der Waals surface area contributed by atoms with Gasteiger partial charge in [0.1, 0.15) is 0 Å². The lowest BCUT2D eigenvalue weighted by Crippen LogP contribution is -2.40. The van der Waals surface area contributed by atoms with E-state index in [4.69, 9.17) is 5.73 Å². The summed E-state index contributed by atoms with van der Waals surface area (Å²) in [5, 5.41) is 0. The number of nitrogens with two attached hydrogens (primary N) is 1. The fourth-order valence-electron chi connectivity index (χ4n) is 1.48. The van der Waals surface area contributed by atoms with E-state index in [1.165, 1.54) is 0 Å². The van der Waals surface area contributed by atoms with Crippen LogP contribution < -0.4 is 5.73 Å². The Morgan fingerprint density at radius 3 is 2.11 bits per heavy atom. The van der Waals surface area contributed by atoms with E-state index in [0.717, 1.165) is 12.8 Å². The molecule has 1 fully saturated rings. The molecule has 0 unspecified atom stereocenters. The van der Waals surface area contributed by atoms with Gasteiger partial charge < -0.3 is 5.73 Å². The summed E-state index contributed by atoms with van der Waals surface area (Å²) in [5.74, 6) is 0.0364. The molecule has 0 atom stereocenters. The summed E-state index contributed by atoms with van der Waals surface area (Å²) in [7, 11) is 0. The highest BCUT2D eigenvalue weighted by atomic mass is 16.1. The molecule has 2 nitrogen and oxygen atoms in total. The minimum atomic E-state index is -0.130. The van der Waals surface area contributed by atoms with Crippen LogP contribution in [-0.4, -0.2) is 5.91 Å². The van der Waals surface area contributed by atoms with Crippen molar-refractivity contribution in [2.75, 3.05) is 0 Å². The largest absolute Gasteiger partial charge is 0.369 e. The summed E-state index contributed by atoms with van der Waals surface area (Å²) in [6.45, 7) is 4.32. The van der Waals surface area contributed by atoms with Crippen molar-refractivity contribution in [2.45, 2.75) is 26.7 Å². The molecule has 0 aromatic heterocycles. The molecule has 1 aliphatic rings. The molecule has 0 radical (unpaired) electrons. The van der Waals surface area contributed by atoms with Gasteiger partial charge in [0.2, 0.25) is 5.91 Å². The van der Waals surface area contributed by atoms with Gasteiger partial charge in [0, 0.05) is 5.92 Å². The Balaban J connectivity index is 2.35. The van der Waals surface area contributed by atoms with Crippen molar-refractivity contribution in [1.82, 2.24) is 0 Å². The minimum absolute atomic E-state index is 0.130. The van der Waals surface area contributed by atoms with E-state index in [0.29, 0.717) is 5.41 Å². The Kier molecular flexibility index (Phi) is 1.26. The van der Waals surface area contributed by atoms with Crippen molar-refractivity contribution in [2.24, 2.45) is 17.1 Å². The van der Waals surface area contributed by atoms with Gasteiger partial charge in [0.05, 0.1) is 0 Å². The fraction of sp³-hybridized carbons (Fsp3) is 0.857. The average Bonchev–Trinajstić information content (AvgIpc) is 1.59. The Hall–Kier alpha value is -0.530. The maximum atomic E-state index is 10.5. The van der Waals surface area contributed by atoms with Crippen molar-refractivity contribution in [3.63, 3.8) is 0 Å². The quantitative estimate of drug-likeness (QED) is 0.559. The summed E-state index contributed by atoms with van der Waals surface area (Å²) < 4.78 is 0. The average molecular weight is 127 g/mol. The molecule has 0 spiro atoms. The van der Waals surface area contributed by atoms with Crippen molar-refractivity contribution in [3.05, 3.63) is 0 Å². The SMILES string of the molecule is CC1(C)CC(C(N)=O)C1. The summed E-state index contributed by atoms with van der Waals surface area (Å²) in [6, 6.07) is 0. The van der Waals surface area contributed by atoms with E-state index in [1.54, 1.807) is 0 Å². The van der Waals surface area contributed by atoms with E-state index >= 15 is 0 Å². The molecule has 52 valence electrons. The standard InChI is InChI=1S/C7H13NO/c1-7(2)3-5(4-7)6(8)9/h5H,3-4H2,1-2H3,(H2,8,9). The van der Waals surface area contributed by atoms with Crippen LogP contribution in [0, 0.1) is 11.3 Å². The van der Waals surface area contributed by atoms with E-state index in [1.807, 2.05) is 0 Å². The second-order valence-electron chi connectivity index (χ2n) is 3.67. The topological polar surface area (TPSA) is 43.1 Å². The third-order valence-electron chi connectivity index (χ3n) is 2.00. The molecule has 0 aromatic rings. The van der Waals surface area contributed by atoms with Gasteiger partial charge in [-0.15, -0.1) is 0 Å². The molecular formula is C7H13NO. The predicted molar refractivity (Wildman–Crippen MR) is 35.7 cm³/mol. The number of carbonyl (C=O) groups is 1. The highest BCUT2D eigenvalue weighted by Crippen LogP contribution is 2.44. The first-order chi connectivity index (χ1) is 4.01. The van der Waals surface area contributed by atoms with Crippen molar-refractivity contribution >= 4 is 5.91 Å². The summed E-state index contributed by atoms with van der Waals surface area (Å²) in [6.07, 6.45) is 1.95. The van der Waals surface area contributed by atoms with Crippen molar-refractivity contribution in [1.29, 1.82) is 0 Å². The van der Waals surface area contributed by atoms with E-state index in [-0.39, 0.29) is 11.8 Å². The molecule has 9 heavy (non-hydrogen) atoms. The van der Waals surface area contributed by atoms with Crippen molar-refractivity contribution < 1.29 is 4.79 Å². The number of carbonyl (C=O) groups excluding carboxylic acids is 1.